The number of hydrogen-bond acceptors (Lipinski definition) is 5. The number of carbonyl (C=O) groups excluding carboxylic acids is 3. The number of carbonyl (C=O) groups is 4. The van der Waals surface area contributed by atoms with Crippen LogP contribution in [0.3, 0.4) is 0 Å². The van der Waals surface area contributed by atoms with E-state index >= 15 is 0 Å². The normalized spacial score (nSPS) is 14.1. The van der Waals surface area contributed by atoms with E-state index in [0.717, 1.165) is 31.2 Å². The van der Waals surface area contributed by atoms with Gasteiger partial charge in [-0.2, -0.15) is 0 Å². The molecule has 7 nitrogen and oxygen atoms in total. The van der Waals surface area contributed by atoms with Gasteiger partial charge in [-0.1, -0.05) is 75.4 Å². The zero-order valence-corrected chi connectivity index (χ0v) is 23.6. The number of benzene rings is 3. The first-order valence-electron chi connectivity index (χ1n) is 13.8. The molecule has 4 rings (SSSR count). The third kappa shape index (κ3) is 7.24. The van der Waals surface area contributed by atoms with Gasteiger partial charge in [-0.25, -0.2) is 4.79 Å². The van der Waals surface area contributed by atoms with E-state index in [-0.39, 0.29) is 28.1 Å². The number of aryl methyl sites for hydroxylation is 2. The summed E-state index contributed by atoms with van der Waals surface area (Å²) in [5.41, 5.74) is 5.41. The van der Waals surface area contributed by atoms with E-state index in [9.17, 15) is 24.3 Å². The molecule has 1 amide bonds. The summed E-state index contributed by atoms with van der Waals surface area (Å²) in [6.07, 6.45) is 3.81. The van der Waals surface area contributed by atoms with E-state index in [0.29, 0.717) is 16.7 Å². The quantitative estimate of drug-likeness (QED) is 0.248. The molecule has 0 saturated carbocycles. The molecule has 1 aliphatic carbocycles. The van der Waals surface area contributed by atoms with Crippen molar-refractivity contribution in [1.82, 2.24) is 5.32 Å². The monoisotopic (exact) mass is 553 g/mol. The number of hydrogen-bond donors (Lipinski definition) is 3. The molecular formula is C34H35NO6. The summed E-state index contributed by atoms with van der Waals surface area (Å²) in [5.74, 6) is -2.65. The van der Waals surface area contributed by atoms with Crippen LogP contribution in [-0.4, -0.2) is 46.3 Å². The van der Waals surface area contributed by atoms with Gasteiger partial charge in [-0.3, -0.25) is 14.4 Å². The molecule has 3 N–H and O–H groups in total. The minimum absolute atomic E-state index is 0.0548. The first-order chi connectivity index (χ1) is 19.4. The summed E-state index contributed by atoms with van der Waals surface area (Å²) in [6, 6.07) is 19.3. The van der Waals surface area contributed by atoms with Crippen molar-refractivity contribution in [3.8, 4) is 0 Å². The van der Waals surface area contributed by atoms with Gasteiger partial charge in [-0.15, -0.1) is 0 Å². The molecular weight excluding hydrogens is 518 g/mol. The highest BCUT2D eigenvalue weighted by Crippen LogP contribution is 2.28. The van der Waals surface area contributed by atoms with Crippen molar-refractivity contribution in [2.24, 2.45) is 0 Å². The third-order valence-corrected chi connectivity index (χ3v) is 7.37. The topological polar surface area (TPSA) is 121 Å². The highest BCUT2D eigenvalue weighted by Gasteiger charge is 2.21. The van der Waals surface area contributed by atoms with Crippen LogP contribution in [0.5, 0.6) is 0 Å². The second-order valence-electron chi connectivity index (χ2n) is 11.4. The number of amides is 1. The molecule has 7 heteroatoms. The molecule has 0 saturated heterocycles. The largest absolute Gasteiger partial charge is 0.479 e. The average molecular weight is 554 g/mol. The maximum Gasteiger partial charge on any atom is 0.334 e. The van der Waals surface area contributed by atoms with Crippen molar-refractivity contribution in [3.63, 3.8) is 0 Å². The number of Topliss-reactive ketones (excluding diaryl/α,β-unsaturated/α-hetero) is 1. The lowest BCUT2D eigenvalue weighted by atomic mass is 9.86. The summed E-state index contributed by atoms with van der Waals surface area (Å²) in [6.45, 7) is 5.86. The summed E-state index contributed by atoms with van der Waals surface area (Å²) >= 11 is 0. The Hall–Kier alpha value is -4.36. The molecule has 3 aromatic carbocycles. The predicted octanol–water partition coefficient (Wildman–Crippen LogP) is 5.19. The number of nitrogens with one attached hydrogen (secondary N) is 1. The molecule has 0 unspecified atom stereocenters. The predicted molar refractivity (Wildman–Crippen MR) is 157 cm³/mol. The van der Waals surface area contributed by atoms with E-state index in [1.807, 2.05) is 30.3 Å². The molecule has 1 atom stereocenters. The highest BCUT2D eigenvalue weighted by atomic mass is 16.4. The molecule has 41 heavy (non-hydrogen) atoms. The van der Waals surface area contributed by atoms with E-state index in [1.54, 1.807) is 12.1 Å². The van der Waals surface area contributed by atoms with E-state index in [4.69, 9.17) is 5.11 Å². The fraction of sp³-hybridized carbons (Fsp3) is 0.294. The van der Waals surface area contributed by atoms with Crippen LogP contribution in [0.1, 0.15) is 86.9 Å². The molecule has 0 spiro atoms. The van der Waals surface area contributed by atoms with Crippen LogP contribution in [-0.2, 0) is 23.1 Å². The Labute approximate surface area is 239 Å². The van der Waals surface area contributed by atoms with Gasteiger partial charge in [0.2, 0.25) is 0 Å². The van der Waals surface area contributed by atoms with Gasteiger partial charge in [0.15, 0.2) is 17.7 Å². The lowest BCUT2D eigenvalue weighted by Crippen LogP contribution is -2.36. The molecule has 0 radical (unpaired) electrons. The number of aliphatic hydroxyl groups is 1. The Morgan fingerprint density at radius 1 is 0.805 bits per heavy atom. The van der Waals surface area contributed by atoms with Crippen molar-refractivity contribution in [3.05, 3.63) is 112 Å². The van der Waals surface area contributed by atoms with Crippen LogP contribution in [0.2, 0.25) is 0 Å². The molecule has 0 aromatic heterocycles. The Kier molecular flexibility index (Phi) is 8.98. The molecule has 0 aliphatic heterocycles. The fourth-order valence-electron chi connectivity index (χ4n) is 4.84. The minimum Gasteiger partial charge on any atom is -0.479 e. The Morgan fingerprint density at radius 3 is 1.98 bits per heavy atom. The van der Waals surface area contributed by atoms with Crippen molar-refractivity contribution in [2.45, 2.75) is 58.0 Å². The smallest absolute Gasteiger partial charge is 0.334 e. The Balaban J connectivity index is 1.64. The Bertz CT molecular complexity index is 1490. The van der Waals surface area contributed by atoms with Crippen molar-refractivity contribution in [2.75, 3.05) is 6.54 Å². The van der Waals surface area contributed by atoms with Crippen molar-refractivity contribution in [1.29, 1.82) is 0 Å². The number of ketones is 2. The van der Waals surface area contributed by atoms with Crippen molar-refractivity contribution < 1.29 is 29.4 Å². The van der Waals surface area contributed by atoms with Crippen LogP contribution >= 0.6 is 0 Å². The van der Waals surface area contributed by atoms with Gasteiger partial charge in [0.05, 0.1) is 6.54 Å². The van der Waals surface area contributed by atoms with Crippen molar-refractivity contribution >= 4 is 29.0 Å². The van der Waals surface area contributed by atoms with Gasteiger partial charge in [0.1, 0.15) is 0 Å². The van der Waals surface area contributed by atoms with Crippen LogP contribution in [0.15, 0.2) is 72.8 Å². The van der Waals surface area contributed by atoms with Crippen LogP contribution < -0.4 is 5.32 Å². The fourth-order valence-corrected chi connectivity index (χ4v) is 4.84. The molecule has 1 aliphatic rings. The maximum absolute atomic E-state index is 13.8. The second kappa shape index (κ2) is 12.4. The van der Waals surface area contributed by atoms with Gasteiger partial charge >= 0.3 is 5.97 Å². The standard InChI is InChI=1S/C34H35NO6/c1-34(2,3)27-16-14-22(15-17-27)29(36)19-28(26-13-8-21-6-4-5-7-25(21)18-26)31(38)23-9-11-24(12-10-23)32(39)35-20-30(37)33(40)41/h8-19,30,37H,4-7,20H2,1-3H3,(H,35,39)(H,40,41)/t30-/m1/s1. The van der Waals surface area contributed by atoms with E-state index in [1.165, 1.54) is 41.5 Å². The minimum atomic E-state index is -1.72. The van der Waals surface area contributed by atoms with Crippen LogP contribution in [0.4, 0.5) is 0 Å². The first kappa shape index (κ1) is 29.6. The molecule has 0 bridgehead atoms. The Morgan fingerprint density at radius 2 is 1.37 bits per heavy atom. The lowest BCUT2D eigenvalue weighted by Gasteiger charge is -2.19. The van der Waals surface area contributed by atoms with Gasteiger partial charge in [-0.05, 0) is 71.6 Å². The lowest BCUT2D eigenvalue weighted by molar-refractivity contribution is -0.146. The number of allylic oxidation sites excluding steroid dienone is 2. The zero-order chi connectivity index (χ0) is 29.7. The molecule has 0 fully saturated rings. The number of aliphatic carboxylic acids is 1. The zero-order valence-electron chi connectivity index (χ0n) is 23.6. The summed E-state index contributed by atoms with van der Waals surface area (Å²) in [4.78, 5) is 50.4. The molecule has 3 aromatic rings. The number of fused-ring (bicyclic) bond motifs is 1. The van der Waals surface area contributed by atoms with Gasteiger partial charge in [0, 0.05) is 22.3 Å². The van der Waals surface area contributed by atoms with Gasteiger partial charge in [0.25, 0.3) is 5.91 Å². The number of rotatable bonds is 9. The van der Waals surface area contributed by atoms with E-state index < -0.39 is 24.5 Å². The van der Waals surface area contributed by atoms with Crippen LogP contribution in [0.25, 0.3) is 5.57 Å². The number of aliphatic hydroxyl groups excluding tert-OH is 1. The molecule has 0 heterocycles. The summed E-state index contributed by atoms with van der Waals surface area (Å²) in [5, 5.41) is 20.5. The SMILES string of the molecule is CC(C)(C)c1ccc(C(=O)C=C(C(=O)c2ccc(C(=O)NC[C@@H](O)C(=O)O)cc2)c2ccc3c(c2)CCCC3)cc1. The van der Waals surface area contributed by atoms with Crippen LogP contribution in [0, 0.1) is 0 Å². The summed E-state index contributed by atoms with van der Waals surface area (Å²) in [7, 11) is 0. The van der Waals surface area contributed by atoms with E-state index in [2.05, 4.69) is 26.1 Å². The highest BCUT2D eigenvalue weighted by molar-refractivity contribution is 6.32. The second-order valence-corrected chi connectivity index (χ2v) is 11.4. The third-order valence-electron chi connectivity index (χ3n) is 7.37. The number of carboxylic acid groups (broad SMARTS) is 1. The number of carboxylic acids is 1. The first-order valence-corrected chi connectivity index (χ1v) is 13.8. The average Bonchev–Trinajstić information content (AvgIpc) is 2.97. The maximum atomic E-state index is 13.8. The summed E-state index contributed by atoms with van der Waals surface area (Å²) < 4.78 is 0. The molecule has 212 valence electrons. The van der Waals surface area contributed by atoms with Gasteiger partial charge < -0.3 is 15.5 Å².